The summed E-state index contributed by atoms with van der Waals surface area (Å²) in [5, 5.41) is 0. The molecule has 1 aromatic rings. The summed E-state index contributed by atoms with van der Waals surface area (Å²) < 4.78 is 0. The summed E-state index contributed by atoms with van der Waals surface area (Å²) in [5.41, 5.74) is 9.37. The highest BCUT2D eigenvalue weighted by molar-refractivity contribution is 5.69. The Kier molecular flexibility index (Phi) is 2.59. The zero-order valence-corrected chi connectivity index (χ0v) is 9.83. The molecule has 1 saturated heterocycles. The standard InChI is InChI=1S/C13H20N2/c1-9(2)11-7-15(8-11)13-5-4-10(3)6-12(13)14/h4-6,9,11H,7-8,14H2,1-3H3. The Morgan fingerprint density at radius 1 is 1.33 bits per heavy atom. The Morgan fingerprint density at radius 2 is 2.00 bits per heavy atom. The van der Waals surface area contributed by atoms with Gasteiger partial charge in [-0.2, -0.15) is 0 Å². The van der Waals surface area contributed by atoms with Crippen LogP contribution in [-0.2, 0) is 0 Å². The van der Waals surface area contributed by atoms with Gasteiger partial charge in [0.25, 0.3) is 0 Å². The van der Waals surface area contributed by atoms with E-state index in [1.165, 1.54) is 11.3 Å². The second kappa shape index (κ2) is 3.76. The van der Waals surface area contributed by atoms with Crippen LogP contribution in [0.3, 0.4) is 0 Å². The van der Waals surface area contributed by atoms with Crippen LogP contribution >= 0.6 is 0 Å². The number of rotatable bonds is 2. The van der Waals surface area contributed by atoms with Gasteiger partial charge in [-0.15, -0.1) is 0 Å². The number of nitrogens with zero attached hydrogens (tertiary/aromatic N) is 1. The third-order valence-electron chi connectivity index (χ3n) is 3.38. The maximum absolute atomic E-state index is 6.01. The first kappa shape index (κ1) is 10.3. The number of nitrogens with two attached hydrogens (primary N) is 1. The van der Waals surface area contributed by atoms with E-state index in [9.17, 15) is 0 Å². The van der Waals surface area contributed by atoms with Gasteiger partial charge in [0.15, 0.2) is 0 Å². The van der Waals surface area contributed by atoms with Gasteiger partial charge in [-0.1, -0.05) is 19.9 Å². The molecule has 0 atom stereocenters. The molecule has 0 radical (unpaired) electrons. The number of anilines is 2. The summed E-state index contributed by atoms with van der Waals surface area (Å²) in [4.78, 5) is 2.37. The quantitative estimate of drug-likeness (QED) is 0.750. The van der Waals surface area contributed by atoms with E-state index < -0.39 is 0 Å². The predicted molar refractivity (Wildman–Crippen MR) is 66.1 cm³/mol. The molecule has 1 aliphatic heterocycles. The molecule has 82 valence electrons. The van der Waals surface area contributed by atoms with Crippen molar-refractivity contribution < 1.29 is 0 Å². The van der Waals surface area contributed by atoms with E-state index in [4.69, 9.17) is 5.73 Å². The first-order valence-corrected chi connectivity index (χ1v) is 5.69. The Balaban J connectivity index is 2.07. The van der Waals surface area contributed by atoms with Gasteiger partial charge in [0.2, 0.25) is 0 Å². The predicted octanol–water partition coefficient (Wildman–Crippen LogP) is 2.67. The molecule has 2 heteroatoms. The van der Waals surface area contributed by atoms with Gasteiger partial charge in [0, 0.05) is 13.1 Å². The normalized spacial score (nSPS) is 16.9. The molecule has 2 rings (SSSR count). The van der Waals surface area contributed by atoms with Crippen LogP contribution in [0.2, 0.25) is 0 Å². The summed E-state index contributed by atoms with van der Waals surface area (Å²) in [6, 6.07) is 6.33. The van der Waals surface area contributed by atoms with Crippen molar-refractivity contribution in [1.29, 1.82) is 0 Å². The molecule has 2 N–H and O–H groups in total. The van der Waals surface area contributed by atoms with Crippen molar-refractivity contribution >= 4 is 11.4 Å². The molecule has 0 saturated carbocycles. The lowest BCUT2D eigenvalue weighted by Crippen LogP contribution is -2.49. The Bertz CT molecular complexity index is 352. The van der Waals surface area contributed by atoms with E-state index >= 15 is 0 Å². The highest BCUT2D eigenvalue weighted by Crippen LogP contribution is 2.33. The van der Waals surface area contributed by atoms with Crippen LogP contribution in [-0.4, -0.2) is 13.1 Å². The molecule has 15 heavy (non-hydrogen) atoms. The van der Waals surface area contributed by atoms with Crippen molar-refractivity contribution in [2.75, 3.05) is 23.7 Å². The largest absolute Gasteiger partial charge is 0.397 e. The molecular weight excluding hydrogens is 184 g/mol. The SMILES string of the molecule is Cc1ccc(N2CC(C(C)C)C2)c(N)c1. The van der Waals surface area contributed by atoms with Crippen molar-refractivity contribution in [3.05, 3.63) is 23.8 Å². The third kappa shape index (κ3) is 1.94. The lowest BCUT2D eigenvalue weighted by Gasteiger charge is -2.43. The highest BCUT2D eigenvalue weighted by atomic mass is 15.2. The van der Waals surface area contributed by atoms with Crippen LogP contribution in [0.4, 0.5) is 11.4 Å². The van der Waals surface area contributed by atoms with E-state index in [0.29, 0.717) is 0 Å². The molecule has 0 aliphatic carbocycles. The number of nitrogen functional groups attached to an aromatic ring is 1. The van der Waals surface area contributed by atoms with Crippen molar-refractivity contribution in [3.8, 4) is 0 Å². The molecule has 1 heterocycles. The van der Waals surface area contributed by atoms with Gasteiger partial charge < -0.3 is 10.6 Å². The number of hydrogen-bond acceptors (Lipinski definition) is 2. The minimum Gasteiger partial charge on any atom is -0.397 e. The smallest absolute Gasteiger partial charge is 0.0600 e. The molecule has 0 amide bonds. The van der Waals surface area contributed by atoms with Crippen LogP contribution in [0.1, 0.15) is 19.4 Å². The van der Waals surface area contributed by atoms with Crippen LogP contribution in [0.15, 0.2) is 18.2 Å². The van der Waals surface area contributed by atoms with Crippen LogP contribution in [0.25, 0.3) is 0 Å². The Hall–Kier alpha value is -1.18. The Labute approximate surface area is 92.1 Å². The fourth-order valence-corrected chi connectivity index (χ4v) is 2.09. The van der Waals surface area contributed by atoms with Crippen LogP contribution in [0, 0.1) is 18.8 Å². The molecule has 1 fully saturated rings. The van der Waals surface area contributed by atoms with E-state index in [2.05, 4.69) is 43.9 Å². The molecule has 0 unspecified atom stereocenters. The first-order chi connectivity index (χ1) is 7.08. The van der Waals surface area contributed by atoms with E-state index in [1.54, 1.807) is 0 Å². The lowest BCUT2D eigenvalue weighted by molar-refractivity contribution is 0.310. The van der Waals surface area contributed by atoms with E-state index in [0.717, 1.165) is 30.6 Å². The molecule has 1 aliphatic rings. The third-order valence-corrected chi connectivity index (χ3v) is 3.38. The molecule has 1 aromatic carbocycles. The molecule has 0 aromatic heterocycles. The number of hydrogen-bond donors (Lipinski definition) is 1. The second-order valence-electron chi connectivity index (χ2n) is 4.97. The van der Waals surface area contributed by atoms with E-state index in [-0.39, 0.29) is 0 Å². The van der Waals surface area contributed by atoms with Gasteiger partial charge in [-0.05, 0) is 36.5 Å². The average molecular weight is 204 g/mol. The van der Waals surface area contributed by atoms with Gasteiger partial charge in [-0.25, -0.2) is 0 Å². The van der Waals surface area contributed by atoms with Crippen molar-refractivity contribution in [1.82, 2.24) is 0 Å². The average Bonchev–Trinajstić information content (AvgIpc) is 2.05. The number of benzene rings is 1. The summed E-state index contributed by atoms with van der Waals surface area (Å²) in [6.45, 7) is 8.98. The molecule has 0 spiro atoms. The summed E-state index contributed by atoms with van der Waals surface area (Å²) in [5.74, 6) is 1.62. The van der Waals surface area contributed by atoms with Crippen LogP contribution in [0.5, 0.6) is 0 Å². The van der Waals surface area contributed by atoms with Crippen molar-refractivity contribution in [2.45, 2.75) is 20.8 Å². The monoisotopic (exact) mass is 204 g/mol. The first-order valence-electron chi connectivity index (χ1n) is 5.69. The minimum atomic E-state index is 0.785. The zero-order valence-electron chi connectivity index (χ0n) is 9.83. The van der Waals surface area contributed by atoms with Crippen LogP contribution < -0.4 is 10.6 Å². The zero-order chi connectivity index (χ0) is 11.0. The number of aryl methyl sites for hydroxylation is 1. The summed E-state index contributed by atoms with van der Waals surface area (Å²) in [7, 11) is 0. The van der Waals surface area contributed by atoms with Crippen molar-refractivity contribution in [2.24, 2.45) is 11.8 Å². The van der Waals surface area contributed by atoms with Gasteiger partial charge in [0.05, 0.1) is 11.4 Å². The fraction of sp³-hybridized carbons (Fsp3) is 0.538. The second-order valence-corrected chi connectivity index (χ2v) is 4.97. The fourth-order valence-electron chi connectivity index (χ4n) is 2.09. The maximum atomic E-state index is 6.01. The van der Waals surface area contributed by atoms with Crippen molar-refractivity contribution in [3.63, 3.8) is 0 Å². The van der Waals surface area contributed by atoms with E-state index in [1.807, 2.05) is 0 Å². The highest BCUT2D eigenvalue weighted by Gasteiger charge is 2.29. The molecule has 0 bridgehead atoms. The maximum Gasteiger partial charge on any atom is 0.0600 e. The Morgan fingerprint density at radius 3 is 2.53 bits per heavy atom. The topological polar surface area (TPSA) is 29.3 Å². The van der Waals surface area contributed by atoms with Gasteiger partial charge in [-0.3, -0.25) is 0 Å². The minimum absolute atomic E-state index is 0.785. The van der Waals surface area contributed by atoms with Gasteiger partial charge in [0.1, 0.15) is 0 Å². The molecule has 2 nitrogen and oxygen atoms in total. The lowest BCUT2D eigenvalue weighted by atomic mass is 9.88. The van der Waals surface area contributed by atoms with Gasteiger partial charge >= 0.3 is 0 Å². The summed E-state index contributed by atoms with van der Waals surface area (Å²) >= 11 is 0. The molecular formula is C13H20N2. The summed E-state index contributed by atoms with van der Waals surface area (Å²) in [6.07, 6.45) is 0.